The van der Waals surface area contributed by atoms with Crippen molar-refractivity contribution in [3.63, 3.8) is 0 Å². The fourth-order valence-electron chi connectivity index (χ4n) is 3.69. The zero-order valence-electron chi connectivity index (χ0n) is 13.9. The second-order valence-corrected chi connectivity index (χ2v) is 6.43. The molecule has 24 heavy (non-hydrogen) atoms. The highest BCUT2D eigenvalue weighted by atomic mass is 35.5. The summed E-state index contributed by atoms with van der Waals surface area (Å²) >= 11 is 0. The Labute approximate surface area is 156 Å². The third kappa shape index (κ3) is 4.74. The van der Waals surface area contributed by atoms with Crippen molar-refractivity contribution in [3.05, 3.63) is 23.9 Å². The second-order valence-electron chi connectivity index (χ2n) is 6.43. The minimum atomic E-state index is -0.000904. The van der Waals surface area contributed by atoms with Gasteiger partial charge in [-0.05, 0) is 56.7 Å². The zero-order valence-corrected chi connectivity index (χ0v) is 15.6. The first kappa shape index (κ1) is 21.0. The number of aromatic nitrogens is 1. The quantitative estimate of drug-likeness (QED) is 0.849. The summed E-state index contributed by atoms with van der Waals surface area (Å²) in [6, 6.07) is 3.95. The van der Waals surface area contributed by atoms with Crippen molar-refractivity contribution in [2.75, 3.05) is 24.5 Å². The summed E-state index contributed by atoms with van der Waals surface area (Å²) in [5.74, 6) is 1.25. The lowest BCUT2D eigenvalue weighted by Gasteiger charge is -2.29. The van der Waals surface area contributed by atoms with E-state index in [1.807, 2.05) is 12.1 Å². The van der Waals surface area contributed by atoms with Crippen LogP contribution in [0.4, 0.5) is 5.82 Å². The lowest BCUT2D eigenvalue weighted by Crippen LogP contribution is -2.41. The summed E-state index contributed by atoms with van der Waals surface area (Å²) in [6.45, 7) is 2.63. The van der Waals surface area contributed by atoms with Gasteiger partial charge in [-0.3, -0.25) is 4.79 Å². The largest absolute Gasteiger partial charge is 0.356 e. The van der Waals surface area contributed by atoms with Gasteiger partial charge in [-0.2, -0.15) is 0 Å². The molecular weight excluding hydrogens is 347 g/mol. The Morgan fingerprint density at radius 3 is 2.67 bits per heavy atom. The minimum absolute atomic E-state index is 0. The first-order chi connectivity index (χ1) is 10.8. The topological polar surface area (TPSA) is 71.2 Å². The van der Waals surface area contributed by atoms with Gasteiger partial charge in [0.25, 0.3) is 5.91 Å². The lowest BCUT2D eigenvalue weighted by molar-refractivity contribution is 0.0929. The molecule has 0 bridgehead atoms. The van der Waals surface area contributed by atoms with E-state index in [4.69, 9.17) is 5.73 Å². The van der Waals surface area contributed by atoms with Crippen LogP contribution in [-0.2, 0) is 0 Å². The molecule has 3 rings (SSSR count). The molecule has 2 aliphatic rings. The molecule has 1 aromatic rings. The molecule has 1 aromatic heterocycles. The van der Waals surface area contributed by atoms with Gasteiger partial charge >= 0.3 is 0 Å². The van der Waals surface area contributed by atoms with Crippen molar-refractivity contribution in [1.82, 2.24) is 10.3 Å². The van der Waals surface area contributed by atoms with E-state index in [1.54, 1.807) is 6.20 Å². The maximum absolute atomic E-state index is 12.7. The van der Waals surface area contributed by atoms with Gasteiger partial charge < -0.3 is 16.0 Å². The van der Waals surface area contributed by atoms with Crippen LogP contribution < -0.4 is 16.0 Å². The number of nitrogens with zero attached hydrogens (tertiary/aromatic N) is 2. The van der Waals surface area contributed by atoms with Gasteiger partial charge in [-0.25, -0.2) is 4.98 Å². The van der Waals surface area contributed by atoms with Gasteiger partial charge in [0.2, 0.25) is 0 Å². The second kappa shape index (κ2) is 10.1. The molecule has 1 aliphatic heterocycles. The van der Waals surface area contributed by atoms with E-state index in [0.29, 0.717) is 18.0 Å². The highest BCUT2D eigenvalue weighted by Gasteiger charge is 2.29. The first-order valence-corrected chi connectivity index (χ1v) is 8.50. The molecule has 7 heteroatoms. The Balaban J connectivity index is 0.00000144. The summed E-state index contributed by atoms with van der Waals surface area (Å²) in [4.78, 5) is 19.4. The number of nitrogens with one attached hydrogen (secondary N) is 1. The molecule has 5 nitrogen and oxygen atoms in total. The SMILES string of the molecule is Cl.Cl.NCC1CCCC1NC(=O)c1cccnc1N1CCCCC1. The summed E-state index contributed by atoms with van der Waals surface area (Å²) < 4.78 is 0. The number of carbonyl (C=O) groups excluding carboxylic acids is 1. The molecule has 2 atom stereocenters. The number of hydrogen-bond acceptors (Lipinski definition) is 4. The van der Waals surface area contributed by atoms with Crippen molar-refractivity contribution >= 4 is 36.5 Å². The fraction of sp³-hybridized carbons (Fsp3) is 0.647. The Kier molecular flexibility index (Phi) is 8.81. The van der Waals surface area contributed by atoms with Crippen LogP contribution in [0.25, 0.3) is 0 Å². The van der Waals surface area contributed by atoms with Crippen molar-refractivity contribution in [1.29, 1.82) is 0 Å². The molecule has 1 amide bonds. The van der Waals surface area contributed by atoms with Crippen LogP contribution >= 0.6 is 24.8 Å². The summed E-state index contributed by atoms with van der Waals surface area (Å²) in [5, 5.41) is 3.19. The van der Waals surface area contributed by atoms with E-state index >= 15 is 0 Å². The van der Waals surface area contributed by atoms with Crippen LogP contribution in [0.3, 0.4) is 0 Å². The number of hydrogen-bond donors (Lipinski definition) is 2. The number of carbonyl (C=O) groups is 1. The number of piperidine rings is 1. The Morgan fingerprint density at radius 2 is 1.96 bits per heavy atom. The molecule has 0 aromatic carbocycles. The molecule has 1 saturated heterocycles. The Hall–Kier alpha value is -1.04. The van der Waals surface area contributed by atoms with E-state index in [-0.39, 0.29) is 36.8 Å². The van der Waals surface area contributed by atoms with E-state index in [9.17, 15) is 4.79 Å². The molecule has 0 spiro atoms. The van der Waals surface area contributed by atoms with Crippen LogP contribution in [0.15, 0.2) is 18.3 Å². The first-order valence-electron chi connectivity index (χ1n) is 8.50. The third-order valence-electron chi connectivity index (χ3n) is 4.97. The maximum atomic E-state index is 12.7. The van der Waals surface area contributed by atoms with Crippen LogP contribution in [0.1, 0.15) is 48.9 Å². The standard InChI is InChI=1S/C17H26N4O.2ClH/c18-12-13-6-4-8-15(13)20-17(22)14-7-5-9-19-16(14)21-10-2-1-3-11-21;;/h5,7,9,13,15H,1-4,6,8,10-12,18H2,(H,20,22);2*1H. The van der Waals surface area contributed by atoms with Crippen LogP contribution in [0, 0.1) is 5.92 Å². The third-order valence-corrected chi connectivity index (χ3v) is 4.97. The minimum Gasteiger partial charge on any atom is -0.356 e. The van der Waals surface area contributed by atoms with Gasteiger partial charge in [0, 0.05) is 25.3 Å². The number of amides is 1. The Bertz CT molecular complexity index is 523. The Morgan fingerprint density at radius 1 is 1.21 bits per heavy atom. The van der Waals surface area contributed by atoms with E-state index in [2.05, 4.69) is 15.2 Å². The predicted molar refractivity (Wildman–Crippen MR) is 102 cm³/mol. The fourth-order valence-corrected chi connectivity index (χ4v) is 3.69. The number of anilines is 1. The highest BCUT2D eigenvalue weighted by Crippen LogP contribution is 2.26. The molecule has 2 unspecified atom stereocenters. The van der Waals surface area contributed by atoms with Gasteiger partial charge in [0.05, 0.1) is 5.56 Å². The van der Waals surface area contributed by atoms with Crippen LogP contribution in [0.5, 0.6) is 0 Å². The molecule has 2 fully saturated rings. The van der Waals surface area contributed by atoms with Gasteiger partial charge in [-0.15, -0.1) is 24.8 Å². The summed E-state index contributed by atoms with van der Waals surface area (Å²) in [5.41, 5.74) is 6.51. The zero-order chi connectivity index (χ0) is 15.4. The van der Waals surface area contributed by atoms with Gasteiger partial charge in [-0.1, -0.05) is 6.42 Å². The molecule has 1 saturated carbocycles. The number of pyridine rings is 1. The maximum Gasteiger partial charge on any atom is 0.255 e. The molecule has 1 aliphatic carbocycles. The smallest absolute Gasteiger partial charge is 0.255 e. The average Bonchev–Trinajstić information content (AvgIpc) is 3.03. The monoisotopic (exact) mass is 374 g/mol. The molecule has 0 radical (unpaired) electrons. The van der Waals surface area contributed by atoms with Crippen molar-refractivity contribution in [2.24, 2.45) is 11.7 Å². The lowest BCUT2D eigenvalue weighted by atomic mass is 10.0. The van der Waals surface area contributed by atoms with E-state index < -0.39 is 0 Å². The predicted octanol–water partition coefficient (Wildman–Crippen LogP) is 2.77. The average molecular weight is 375 g/mol. The van der Waals surface area contributed by atoms with Gasteiger partial charge in [0.15, 0.2) is 0 Å². The number of rotatable bonds is 4. The summed E-state index contributed by atoms with van der Waals surface area (Å²) in [7, 11) is 0. The summed E-state index contributed by atoms with van der Waals surface area (Å²) in [6.07, 6.45) is 8.70. The molecular formula is C17H28Cl2N4O. The normalized spacial score (nSPS) is 23.1. The van der Waals surface area contributed by atoms with E-state index in [0.717, 1.165) is 38.2 Å². The number of nitrogens with two attached hydrogens (primary N) is 1. The molecule has 2 heterocycles. The van der Waals surface area contributed by atoms with E-state index in [1.165, 1.54) is 19.3 Å². The van der Waals surface area contributed by atoms with Crippen molar-refractivity contribution in [3.8, 4) is 0 Å². The van der Waals surface area contributed by atoms with Gasteiger partial charge in [0.1, 0.15) is 5.82 Å². The molecule has 3 N–H and O–H groups in total. The molecule has 136 valence electrons. The van der Waals surface area contributed by atoms with Crippen LogP contribution in [0.2, 0.25) is 0 Å². The highest BCUT2D eigenvalue weighted by molar-refractivity contribution is 5.99. The van der Waals surface area contributed by atoms with Crippen molar-refractivity contribution in [2.45, 2.75) is 44.6 Å². The number of halogens is 2. The van der Waals surface area contributed by atoms with Crippen LogP contribution in [-0.4, -0.2) is 36.6 Å². The van der Waals surface area contributed by atoms with Crippen molar-refractivity contribution < 1.29 is 4.79 Å².